The van der Waals surface area contributed by atoms with E-state index in [1.165, 1.54) is 0 Å². The lowest BCUT2D eigenvalue weighted by molar-refractivity contribution is 0.0819. The summed E-state index contributed by atoms with van der Waals surface area (Å²) in [6, 6.07) is 7.32. The van der Waals surface area contributed by atoms with Gasteiger partial charge in [-0.05, 0) is 12.1 Å². The summed E-state index contributed by atoms with van der Waals surface area (Å²) < 4.78 is 29.1. The van der Waals surface area contributed by atoms with Gasteiger partial charge in [0, 0.05) is 37.9 Å². The van der Waals surface area contributed by atoms with E-state index in [-0.39, 0.29) is 0 Å². The predicted octanol–water partition coefficient (Wildman–Crippen LogP) is 1.74. The number of benzene rings is 1. The third-order valence-corrected chi connectivity index (χ3v) is 2.68. The van der Waals surface area contributed by atoms with E-state index >= 15 is 0 Å². The van der Waals surface area contributed by atoms with E-state index in [1.54, 1.807) is 6.07 Å². The van der Waals surface area contributed by atoms with Crippen molar-refractivity contribution in [3.8, 4) is 5.75 Å². The quantitative estimate of drug-likeness (QED) is 0.870. The topological polar surface area (TPSA) is 24.5 Å². The molecule has 1 N–H and O–H groups in total. The lowest BCUT2D eigenvalue weighted by Crippen LogP contribution is -2.43. The fourth-order valence-electron chi connectivity index (χ4n) is 1.85. The van der Waals surface area contributed by atoms with Crippen molar-refractivity contribution < 1.29 is 13.5 Å². The van der Waals surface area contributed by atoms with Gasteiger partial charge in [0.2, 0.25) is 0 Å². The van der Waals surface area contributed by atoms with Crippen LogP contribution in [-0.2, 0) is 0 Å². The number of hydrogen-bond acceptors (Lipinski definition) is 3. The average Bonchev–Trinajstić information content (AvgIpc) is 2.38. The second-order valence-corrected chi connectivity index (χ2v) is 3.94. The minimum atomic E-state index is -2.43. The van der Waals surface area contributed by atoms with E-state index in [9.17, 15) is 8.78 Å². The number of anilines is 1. The Balaban J connectivity index is 2.00. The summed E-state index contributed by atoms with van der Waals surface area (Å²) in [7, 11) is 0. The third kappa shape index (κ3) is 3.56. The molecule has 1 aromatic rings. The van der Waals surface area contributed by atoms with Gasteiger partial charge in [-0.2, -0.15) is 0 Å². The van der Waals surface area contributed by atoms with Crippen LogP contribution in [0.4, 0.5) is 14.5 Å². The molecule has 1 heterocycles. The predicted molar refractivity (Wildman–Crippen MR) is 63.0 cm³/mol. The number of nitrogens with zero attached hydrogens (tertiary/aromatic N) is 1. The van der Waals surface area contributed by atoms with Crippen LogP contribution >= 0.6 is 0 Å². The van der Waals surface area contributed by atoms with E-state index in [4.69, 9.17) is 4.74 Å². The van der Waals surface area contributed by atoms with E-state index in [1.807, 2.05) is 18.2 Å². The standard InChI is InChI=1S/C12H16F2N2O/c13-12(14)9-17-11-3-1-2-10(8-11)16-6-4-15-5-7-16/h1-3,8,12,15H,4-7,9H2. The van der Waals surface area contributed by atoms with Gasteiger partial charge in [-0.3, -0.25) is 0 Å². The Bertz CT molecular complexity index is 354. The summed E-state index contributed by atoms with van der Waals surface area (Å²) in [5.41, 5.74) is 1.03. The smallest absolute Gasteiger partial charge is 0.272 e. The summed E-state index contributed by atoms with van der Waals surface area (Å²) in [5.74, 6) is 0.501. The van der Waals surface area contributed by atoms with Gasteiger partial charge in [0.25, 0.3) is 6.43 Å². The molecule has 0 aliphatic carbocycles. The maximum Gasteiger partial charge on any atom is 0.272 e. The van der Waals surface area contributed by atoms with Gasteiger partial charge in [-0.15, -0.1) is 0 Å². The Morgan fingerprint density at radius 1 is 1.29 bits per heavy atom. The van der Waals surface area contributed by atoms with Crippen molar-refractivity contribution in [2.75, 3.05) is 37.7 Å². The maximum atomic E-state index is 12.0. The molecule has 94 valence electrons. The molecule has 0 atom stereocenters. The van der Waals surface area contributed by atoms with Gasteiger partial charge < -0.3 is 15.0 Å². The number of hydrogen-bond donors (Lipinski definition) is 1. The number of nitrogens with one attached hydrogen (secondary N) is 1. The van der Waals surface area contributed by atoms with Crippen LogP contribution in [0.3, 0.4) is 0 Å². The Morgan fingerprint density at radius 3 is 2.76 bits per heavy atom. The first-order valence-corrected chi connectivity index (χ1v) is 5.72. The van der Waals surface area contributed by atoms with Crippen LogP contribution in [0.15, 0.2) is 24.3 Å². The van der Waals surface area contributed by atoms with Gasteiger partial charge in [-0.1, -0.05) is 6.07 Å². The van der Waals surface area contributed by atoms with Crippen molar-refractivity contribution in [2.45, 2.75) is 6.43 Å². The SMILES string of the molecule is FC(F)COc1cccc(N2CCNCC2)c1. The minimum absolute atomic E-state index is 0.501. The first-order valence-electron chi connectivity index (χ1n) is 5.72. The van der Waals surface area contributed by atoms with Crippen LogP contribution in [0.5, 0.6) is 5.75 Å². The molecule has 1 fully saturated rings. The number of halogens is 2. The minimum Gasteiger partial charge on any atom is -0.488 e. The van der Waals surface area contributed by atoms with Crippen LogP contribution < -0.4 is 15.0 Å². The zero-order valence-electron chi connectivity index (χ0n) is 9.53. The molecule has 0 unspecified atom stereocenters. The number of piperazine rings is 1. The van der Waals surface area contributed by atoms with Crippen molar-refractivity contribution in [3.63, 3.8) is 0 Å². The van der Waals surface area contributed by atoms with E-state index < -0.39 is 13.0 Å². The van der Waals surface area contributed by atoms with Crippen LogP contribution in [0.2, 0.25) is 0 Å². The lowest BCUT2D eigenvalue weighted by Gasteiger charge is -2.29. The second kappa shape index (κ2) is 5.82. The summed E-state index contributed by atoms with van der Waals surface area (Å²) >= 11 is 0. The highest BCUT2D eigenvalue weighted by Gasteiger charge is 2.11. The second-order valence-electron chi connectivity index (χ2n) is 3.94. The Hall–Kier alpha value is -1.36. The fraction of sp³-hybridized carbons (Fsp3) is 0.500. The van der Waals surface area contributed by atoms with Crippen molar-refractivity contribution in [2.24, 2.45) is 0 Å². The van der Waals surface area contributed by atoms with Crippen molar-refractivity contribution in [1.29, 1.82) is 0 Å². The summed E-state index contributed by atoms with van der Waals surface area (Å²) in [6.07, 6.45) is -2.43. The van der Waals surface area contributed by atoms with Crippen LogP contribution in [0, 0.1) is 0 Å². The maximum absolute atomic E-state index is 12.0. The number of rotatable bonds is 4. The highest BCUT2D eigenvalue weighted by molar-refractivity contribution is 5.51. The first-order chi connectivity index (χ1) is 8.25. The third-order valence-electron chi connectivity index (χ3n) is 2.68. The molecule has 17 heavy (non-hydrogen) atoms. The Labute approximate surface area is 99.4 Å². The molecule has 1 aromatic carbocycles. The summed E-state index contributed by atoms with van der Waals surface area (Å²) in [6.45, 7) is 3.20. The summed E-state index contributed by atoms with van der Waals surface area (Å²) in [4.78, 5) is 2.21. The molecule has 2 rings (SSSR count). The molecule has 0 saturated carbocycles. The average molecular weight is 242 g/mol. The molecule has 1 aliphatic heterocycles. The molecule has 3 nitrogen and oxygen atoms in total. The molecule has 1 saturated heterocycles. The van der Waals surface area contributed by atoms with Gasteiger partial charge in [0.15, 0.2) is 0 Å². The van der Waals surface area contributed by atoms with Crippen LogP contribution in [0.1, 0.15) is 0 Å². The molecule has 0 bridgehead atoms. The lowest BCUT2D eigenvalue weighted by atomic mass is 10.2. The van der Waals surface area contributed by atoms with E-state index in [0.717, 1.165) is 31.9 Å². The highest BCUT2D eigenvalue weighted by atomic mass is 19.3. The summed E-state index contributed by atoms with van der Waals surface area (Å²) in [5, 5.41) is 3.27. The van der Waals surface area contributed by atoms with Crippen molar-refractivity contribution in [1.82, 2.24) is 5.32 Å². The molecular formula is C12H16F2N2O. The van der Waals surface area contributed by atoms with Gasteiger partial charge in [-0.25, -0.2) is 8.78 Å². The zero-order valence-corrected chi connectivity index (χ0v) is 9.53. The molecule has 0 spiro atoms. The molecular weight excluding hydrogens is 226 g/mol. The molecule has 5 heteroatoms. The zero-order chi connectivity index (χ0) is 12.1. The Kier molecular flexibility index (Phi) is 4.14. The molecule has 0 amide bonds. The Morgan fingerprint density at radius 2 is 2.06 bits per heavy atom. The van der Waals surface area contributed by atoms with Gasteiger partial charge in [0.05, 0.1) is 0 Å². The largest absolute Gasteiger partial charge is 0.488 e. The van der Waals surface area contributed by atoms with Crippen molar-refractivity contribution >= 4 is 5.69 Å². The molecule has 0 aromatic heterocycles. The molecule has 1 aliphatic rings. The fourth-order valence-corrected chi connectivity index (χ4v) is 1.85. The first kappa shape index (κ1) is 12.1. The van der Waals surface area contributed by atoms with Crippen LogP contribution in [-0.4, -0.2) is 39.2 Å². The van der Waals surface area contributed by atoms with Gasteiger partial charge in [0.1, 0.15) is 12.4 Å². The normalized spacial score (nSPS) is 16.3. The number of ether oxygens (including phenoxy) is 1. The van der Waals surface area contributed by atoms with Crippen LogP contribution in [0.25, 0.3) is 0 Å². The van der Waals surface area contributed by atoms with Gasteiger partial charge >= 0.3 is 0 Å². The highest BCUT2D eigenvalue weighted by Crippen LogP contribution is 2.21. The molecule has 0 radical (unpaired) electrons. The van der Waals surface area contributed by atoms with Crippen molar-refractivity contribution in [3.05, 3.63) is 24.3 Å². The van der Waals surface area contributed by atoms with E-state index in [2.05, 4.69) is 10.2 Å². The number of alkyl halides is 2. The van der Waals surface area contributed by atoms with E-state index in [0.29, 0.717) is 5.75 Å². The monoisotopic (exact) mass is 242 g/mol.